The second-order valence-corrected chi connectivity index (χ2v) is 8.81. The molecule has 3 heterocycles. The number of ether oxygens (including phenoxy) is 3. The lowest BCUT2D eigenvalue weighted by Crippen LogP contribution is -2.21. The summed E-state index contributed by atoms with van der Waals surface area (Å²) >= 11 is 0. The van der Waals surface area contributed by atoms with Gasteiger partial charge in [-0.05, 0) is 62.6 Å². The van der Waals surface area contributed by atoms with Gasteiger partial charge in [0.1, 0.15) is 11.6 Å². The smallest absolute Gasteiger partial charge is 0.256 e. The molecule has 0 bridgehead atoms. The van der Waals surface area contributed by atoms with Crippen LogP contribution in [0.1, 0.15) is 34.5 Å². The predicted molar refractivity (Wildman–Crippen MR) is 135 cm³/mol. The number of benzene rings is 2. The van der Waals surface area contributed by atoms with Gasteiger partial charge in [0.25, 0.3) is 5.91 Å². The highest BCUT2D eigenvalue weighted by Gasteiger charge is 2.26. The standard InChI is InChI=1S/C27H30N4O4/c1-16-17(2)31(15-19-8-7-13-35-19)26(24(16)25-28-20-9-5-6-10-21(20)29-25)30-27(32)18-11-12-22(33-3)23(14-18)34-4/h5-6,9-12,14,19H,7-8,13,15H2,1-4H3,(H,28,29)(H,30,32)/t19-/m0/s1. The fourth-order valence-electron chi connectivity index (χ4n) is 4.73. The minimum Gasteiger partial charge on any atom is -0.493 e. The quantitative estimate of drug-likeness (QED) is 0.389. The first-order valence-corrected chi connectivity index (χ1v) is 11.8. The van der Waals surface area contributed by atoms with Gasteiger partial charge in [0.2, 0.25) is 0 Å². The van der Waals surface area contributed by atoms with Crippen LogP contribution >= 0.6 is 0 Å². The van der Waals surface area contributed by atoms with Crippen molar-refractivity contribution in [2.75, 3.05) is 26.1 Å². The molecule has 1 fully saturated rings. The van der Waals surface area contributed by atoms with E-state index in [1.807, 2.05) is 24.3 Å². The lowest BCUT2D eigenvalue weighted by Gasteiger charge is -2.17. The number of rotatable bonds is 7. The zero-order valence-corrected chi connectivity index (χ0v) is 20.5. The van der Waals surface area contributed by atoms with E-state index in [0.29, 0.717) is 29.4 Å². The average Bonchev–Trinajstić information content (AvgIpc) is 3.59. The zero-order chi connectivity index (χ0) is 24.5. The Bertz CT molecular complexity index is 1350. The number of methoxy groups -OCH3 is 2. The molecule has 0 saturated carbocycles. The number of nitrogens with zero attached hydrogens (tertiary/aromatic N) is 2. The molecule has 1 saturated heterocycles. The number of nitrogens with one attached hydrogen (secondary N) is 2. The Balaban J connectivity index is 1.59. The van der Waals surface area contributed by atoms with E-state index in [1.165, 1.54) is 0 Å². The molecular formula is C27H30N4O4. The summed E-state index contributed by atoms with van der Waals surface area (Å²) in [5, 5.41) is 3.17. The van der Waals surface area contributed by atoms with Crippen LogP contribution in [0.25, 0.3) is 22.4 Å². The molecule has 4 aromatic rings. The molecule has 1 aliphatic heterocycles. The first kappa shape index (κ1) is 23.0. The summed E-state index contributed by atoms with van der Waals surface area (Å²) in [4.78, 5) is 21.7. The number of carbonyl (C=O) groups is 1. The van der Waals surface area contributed by atoms with Crippen molar-refractivity contribution in [1.29, 1.82) is 0 Å². The highest BCUT2D eigenvalue weighted by molar-refractivity contribution is 6.06. The third-order valence-electron chi connectivity index (χ3n) is 6.74. The van der Waals surface area contributed by atoms with E-state index < -0.39 is 0 Å². The fourth-order valence-corrected chi connectivity index (χ4v) is 4.73. The van der Waals surface area contributed by atoms with E-state index in [0.717, 1.165) is 53.1 Å². The van der Waals surface area contributed by atoms with E-state index in [-0.39, 0.29) is 12.0 Å². The van der Waals surface area contributed by atoms with E-state index >= 15 is 0 Å². The van der Waals surface area contributed by atoms with Crippen molar-refractivity contribution in [3.05, 3.63) is 59.3 Å². The van der Waals surface area contributed by atoms with Crippen LogP contribution in [-0.4, -0.2) is 47.4 Å². The molecule has 1 atom stereocenters. The van der Waals surface area contributed by atoms with Gasteiger partial charge in [0, 0.05) is 17.9 Å². The molecule has 182 valence electrons. The Kier molecular flexibility index (Phi) is 6.21. The largest absolute Gasteiger partial charge is 0.493 e. The van der Waals surface area contributed by atoms with Crippen molar-refractivity contribution < 1.29 is 19.0 Å². The molecule has 2 aromatic heterocycles. The maximum absolute atomic E-state index is 13.5. The SMILES string of the molecule is COc1ccc(C(=O)Nc2c(-c3nc4ccccc4[nH]3)c(C)c(C)n2C[C@@H]2CCCO2)cc1OC. The zero-order valence-electron chi connectivity index (χ0n) is 20.5. The molecule has 2 aromatic carbocycles. The number of amides is 1. The number of aromatic amines is 1. The molecule has 5 rings (SSSR count). The van der Waals surface area contributed by atoms with Crippen LogP contribution in [-0.2, 0) is 11.3 Å². The second kappa shape index (κ2) is 9.46. The van der Waals surface area contributed by atoms with Crippen molar-refractivity contribution in [3.63, 3.8) is 0 Å². The van der Waals surface area contributed by atoms with Gasteiger partial charge in [-0.15, -0.1) is 0 Å². The van der Waals surface area contributed by atoms with Crippen molar-refractivity contribution in [3.8, 4) is 22.9 Å². The summed E-state index contributed by atoms with van der Waals surface area (Å²) < 4.78 is 18.8. The van der Waals surface area contributed by atoms with E-state index in [2.05, 4.69) is 28.7 Å². The summed E-state index contributed by atoms with van der Waals surface area (Å²) in [5.74, 6) is 2.25. The summed E-state index contributed by atoms with van der Waals surface area (Å²) in [6.45, 7) is 5.57. The summed E-state index contributed by atoms with van der Waals surface area (Å²) in [5.41, 5.74) is 5.30. The number of hydrogen-bond acceptors (Lipinski definition) is 5. The Morgan fingerprint density at radius 2 is 1.97 bits per heavy atom. The van der Waals surface area contributed by atoms with Crippen molar-refractivity contribution in [2.45, 2.75) is 39.3 Å². The van der Waals surface area contributed by atoms with E-state index in [4.69, 9.17) is 19.2 Å². The molecule has 0 radical (unpaired) electrons. The van der Waals surface area contributed by atoms with Gasteiger partial charge in [-0.25, -0.2) is 4.98 Å². The molecular weight excluding hydrogens is 444 g/mol. The minimum atomic E-state index is -0.241. The summed E-state index contributed by atoms with van der Waals surface area (Å²) in [6.07, 6.45) is 2.16. The van der Waals surface area contributed by atoms with Crippen LogP contribution < -0.4 is 14.8 Å². The lowest BCUT2D eigenvalue weighted by atomic mass is 10.1. The molecule has 0 spiro atoms. The maximum atomic E-state index is 13.5. The monoisotopic (exact) mass is 474 g/mol. The van der Waals surface area contributed by atoms with Gasteiger partial charge in [-0.2, -0.15) is 0 Å². The number of fused-ring (bicyclic) bond motifs is 1. The molecule has 8 nitrogen and oxygen atoms in total. The van der Waals surface area contributed by atoms with Crippen LogP contribution in [0.2, 0.25) is 0 Å². The molecule has 1 amide bonds. The maximum Gasteiger partial charge on any atom is 0.256 e. The van der Waals surface area contributed by atoms with E-state index in [1.54, 1.807) is 32.4 Å². The van der Waals surface area contributed by atoms with Gasteiger partial charge < -0.3 is 29.1 Å². The second-order valence-electron chi connectivity index (χ2n) is 8.81. The molecule has 8 heteroatoms. The Labute approximate surface area is 204 Å². The van der Waals surface area contributed by atoms with Gasteiger partial charge in [-0.1, -0.05) is 12.1 Å². The predicted octanol–water partition coefficient (Wildman–Crippen LogP) is 5.10. The Morgan fingerprint density at radius 1 is 1.17 bits per heavy atom. The highest BCUT2D eigenvalue weighted by atomic mass is 16.5. The third-order valence-corrected chi connectivity index (χ3v) is 6.74. The average molecular weight is 475 g/mol. The Morgan fingerprint density at radius 3 is 2.69 bits per heavy atom. The number of carbonyl (C=O) groups excluding carboxylic acids is 1. The van der Waals surface area contributed by atoms with Crippen molar-refractivity contribution >= 4 is 22.8 Å². The fraction of sp³-hybridized carbons (Fsp3) is 0.333. The highest BCUT2D eigenvalue weighted by Crippen LogP contribution is 2.37. The first-order chi connectivity index (χ1) is 17.0. The van der Waals surface area contributed by atoms with Gasteiger partial charge in [-0.3, -0.25) is 4.79 Å². The summed E-state index contributed by atoms with van der Waals surface area (Å²) in [7, 11) is 3.12. The van der Waals surface area contributed by atoms with E-state index in [9.17, 15) is 4.79 Å². The number of aromatic nitrogens is 3. The number of imidazole rings is 1. The summed E-state index contributed by atoms with van der Waals surface area (Å²) in [6, 6.07) is 13.1. The van der Waals surface area contributed by atoms with Crippen molar-refractivity contribution in [1.82, 2.24) is 14.5 Å². The third kappa shape index (κ3) is 4.25. The number of anilines is 1. The van der Waals surface area contributed by atoms with Gasteiger partial charge in [0.15, 0.2) is 11.5 Å². The van der Waals surface area contributed by atoms with Crippen LogP contribution in [0.4, 0.5) is 5.82 Å². The minimum absolute atomic E-state index is 0.112. The molecule has 35 heavy (non-hydrogen) atoms. The number of H-pyrrole nitrogens is 1. The molecule has 2 N–H and O–H groups in total. The van der Waals surface area contributed by atoms with Crippen molar-refractivity contribution in [2.24, 2.45) is 0 Å². The van der Waals surface area contributed by atoms with Gasteiger partial charge in [0.05, 0.1) is 43.5 Å². The molecule has 0 unspecified atom stereocenters. The molecule has 0 aliphatic carbocycles. The van der Waals surface area contributed by atoms with Crippen LogP contribution in [0.5, 0.6) is 11.5 Å². The topological polar surface area (TPSA) is 90.4 Å². The number of hydrogen-bond donors (Lipinski definition) is 2. The normalized spacial score (nSPS) is 15.5. The van der Waals surface area contributed by atoms with Crippen LogP contribution in [0, 0.1) is 13.8 Å². The molecule has 1 aliphatic rings. The number of para-hydroxylation sites is 2. The Hall–Kier alpha value is -3.78. The van der Waals surface area contributed by atoms with Crippen LogP contribution in [0.3, 0.4) is 0 Å². The lowest BCUT2D eigenvalue weighted by molar-refractivity contribution is 0.0962. The van der Waals surface area contributed by atoms with Gasteiger partial charge >= 0.3 is 0 Å². The first-order valence-electron chi connectivity index (χ1n) is 11.8. The van der Waals surface area contributed by atoms with Crippen LogP contribution in [0.15, 0.2) is 42.5 Å².